The Hall–Kier alpha value is -0.590. The minimum absolute atomic E-state index is 0.0547. The Bertz CT molecular complexity index is 655. The van der Waals surface area contributed by atoms with E-state index in [0.717, 1.165) is 12.3 Å². The molecule has 0 aromatic carbocycles. The fourth-order valence-corrected chi connectivity index (χ4v) is 6.26. The standard InChI is InChI=1S/C14H22ClN3O2S/c1-8(12-7-10-4-5-11(12)6-10)17-21(19,20)13-9(2)16-18(3)14(13)15/h8,10-12,17H,4-7H2,1-3H3/t8-,10+,11+,12+/m1/s1. The van der Waals surface area contributed by atoms with Gasteiger partial charge in [0, 0.05) is 13.1 Å². The summed E-state index contributed by atoms with van der Waals surface area (Å²) in [5.74, 6) is 1.93. The van der Waals surface area contributed by atoms with Crippen molar-refractivity contribution in [3.63, 3.8) is 0 Å². The molecule has 1 aromatic heterocycles. The number of rotatable bonds is 4. The van der Waals surface area contributed by atoms with Gasteiger partial charge in [0.05, 0.1) is 5.69 Å². The van der Waals surface area contributed by atoms with E-state index >= 15 is 0 Å². The van der Waals surface area contributed by atoms with Gasteiger partial charge < -0.3 is 0 Å². The van der Waals surface area contributed by atoms with E-state index in [0.29, 0.717) is 17.5 Å². The van der Waals surface area contributed by atoms with Crippen LogP contribution < -0.4 is 4.72 Å². The summed E-state index contributed by atoms with van der Waals surface area (Å²) in [6.07, 6.45) is 4.97. The van der Waals surface area contributed by atoms with Crippen LogP contribution in [0.2, 0.25) is 5.15 Å². The van der Waals surface area contributed by atoms with Gasteiger partial charge in [0.1, 0.15) is 10.0 Å². The third kappa shape index (κ3) is 2.62. The summed E-state index contributed by atoms with van der Waals surface area (Å²) in [6, 6.07) is -0.0547. The fraction of sp³-hybridized carbons (Fsp3) is 0.786. The number of hydrogen-bond acceptors (Lipinski definition) is 3. The summed E-state index contributed by atoms with van der Waals surface area (Å²) in [6.45, 7) is 3.64. The second kappa shape index (κ2) is 5.25. The number of nitrogens with one attached hydrogen (secondary N) is 1. The monoisotopic (exact) mass is 331 g/mol. The summed E-state index contributed by atoms with van der Waals surface area (Å²) < 4.78 is 29.4. The highest BCUT2D eigenvalue weighted by Crippen LogP contribution is 2.49. The highest BCUT2D eigenvalue weighted by molar-refractivity contribution is 7.89. The topological polar surface area (TPSA) is 64.0 Å². The average molecular weight is 332 g/mol. The van der Waals surface area contributed by atoms with Crippen LogP contribution in [0.15, 0.2) is 4.90 Å². The van der Waals surface area contributed by atoms with Gasteiger partial charge in [-0.05, 0) is 50.9 Å². The van der Waals surface area contributed by atoms with Gasteiger partial charge in [-0.3, -0.25) is 4.68 Å². The molecule has 21 heavy (non-hydrogen) atoms. The Morgan fingerprint density at radius 2 is 2.10 bits per heavy atom. The molecular weight excluding hydrogens is 310 g/mol. The van der Waals surface area contributed by atoms with Crippen molar-refractivity contribution in [3.8, 4) is 0 Å². The van der Waals surface area contributed by atoms with Crippen molar-refractivity contribution in [1.82, 2.24) is 14.5 Å². The van der Waals surface area contributed by atoms with Crippen LogP contribution in [-0.4, -0.2) is 24.2 Å². The number of fused-ring (bicyclic) bond motifs is 2. The lowest BCUT2D eigenvalue weighted by Crippen LogP contribution is -2.40. The lowest BCUT2D eigenvalue weighted by atomic mass is 9.84. The molecule has 0 spiro atoms. The molecule has 2 aliphatic rings. The largest absolute Gasteiger partial charge is 0.255 e. The van der Waals surface area contributed by atoms with Crippen LogP contribution in [0.5, 0.6) is 0 Å². The SMILES string of the molecule is Cc1nn(C)c(Cl)c1S(=O)(=O)N[C@H](C)[C@@H]1C[C@H]2CC[C@H]1C2. The van der Waals surface area contributed by atoms with E-state index in [9.17, 15) is 8.42 Å². The van der Waals surface area contributed by atoms with Crippen molar-refractivity contribution in [3.05, 3.63) is 10.8 Å². The first kappa shape index (κ1) is 15.3. The molecule has 7 heteroatoms. The molecule has 0 unspecified atom stereocenters. The summed E-state index contributed by atoms with van der Waals surface area (Å²) in [7, 11) is -1.97. The predicted octanol–water partition coefficient (Wildman–Crippen LogP) is 2.48. The van der Waals surface area contributed by atoms with Gasteiger partial charge in [0.25, 0.3) is 0 Å². The fourth-order valence-electron chi connectivity index (χ4n) is 4.21. The zero-order valence-corrected chi connectivity index (χ0v) is 14.2. The first-order valence-corrected chi connectivity index (χ1v) is 9.37. The molecule has 5 nitrogen and oxygen atoms in total. The van der Waals surface area contributed by atoms with Crippen molar-refractivity contribution in [2.75, 3.05) is 0 Å². The Morgan fingerprint density at radius 3 is 2.57 bits per heavy atom. The Labute approximate surface area is 131 Å². The van der Waals surface area contributed by atoms with Gasteiger partial charge >= 0.3 is 0 Å². The van der Waals surface area contributed by atoms with Crippen molar-refractivity contribution >= 4 is 21.6 Å². The van der Waals surface area contributed by atoms with E-state index in [2.05, 4.69) is 9.82 Å². The van der Waals surface area contributed by atoms with E-state index in [1.54, 1.807) is 14.0 Å². The molecule has 2 bridgehead atoms. The van der Waals surface area contributed by atoms with Crippen LogP contribution in [0.3, 0.4) is 0 Å². The summed E-state index contributed by atoms with van der Waals surface area (Å²) >= 11 is 6.09. The molecule has 0 amide bonds. The molecule has 0 saturated heterocycles. The van der Waals surface area contributed by atoms with Crippen molar-refractivity contribution in [1.29, 1.82) is 0 Å². The molecule has 0 radical (unpaired) electrons. The highest BCUT2D eigenvalue weighted by atomic mass is 35.5. The van der Waals surface area contributed by atoms with Gasteiger partial charge in [-0.2, -0.15) is 5.10 Å². The maximum atomic E-state index is 12.6. The third-order valence-corrected chi connectivity index (χ3v) is 7.40. The minimum atomic E-state index is -3.62. The smallest absolute Gasteiger partial charge is 0.245 e. The average Bonchev–Trinajstić information content (AvgIpc) is 3.04. The maximum Gasteiger partial charge on any atom is 0.245 e. The second-order valence-corrected chi connectivity index (χ2v) is 8.59. The minimum Gasteiger partial charge on any atom is -0.255 e. The number of halogens is 1. The predicted molar refractivity (Wildman–Crippen MR) is 81.7 cm³/mol. The van der Waals surface area contributed by atoms with Crippen LogP contribution in [0, 0.1) is 24.7 Å². The van der Waals surface area contributed by atoms with Gasteiger partial charge in [-0.1, -0.05) is 18.0 Å². The zero-order valence-electron chi connectivity index (χ0n) is 12.6. The summed E-state index contributed by atoms with van der Waals surface area (Å²) in [4.78, 5) is 0.113. The molecule has 2 aliphatic carbocycles. The third-order valence-electron chi connectivity index (χ3n) is 5.14. The molecular formula is C14H22ClN3O2S. The molecule has 4 atom stereocenters. The normalized spacial score (nSPS) is 30.0. The molecule has 1 N–H and O–H groups in total. The quantitative estimate of drug-likeness (QED) is 0.921. The number of sulfonamides is 1. The van der Waals surface area contributed by atoms with E-state index < -0.39 is 10.0 Å². The number of aryl methyl sites for hydroxylation is 2. The molecule has 0 aliphatic heterocycles. The lowest BCUT2D eigenvalue weighted by Gasteiger charge is -2.28. The number of hydrogen-bond donors (Lipinski definition) is 1. The zero-order chi connectivity index (χ0) is 15.4. The lowest BCUT2D eigenvalue weighted by molar-refractivity contribution is 0.280. The molecule has 1 heterocycles. The molecule has 118 valence electrons. The molecule has 2 saturated carbocycles. The Kier molecular flexibility index (Phi) is 3.83. The highest BCUT2D eigenvalue weighted by Gasteiger charge is 2.43. The van der Waals surface area contributed by atoms with Crippen molar-refractivity contribution in [2.45, 2.75) is 50.5 Å². The van der Waals surface area contributed by atoms with E-state index in [-0.39, 0.29) is 16.1 Å². The van der Waals surface area contributed by atoms with E-state index in [4.69, 9.17) is 11.6 Å². The number of aromatic nitrogens is 2. The van der Waals surface area contributed by atoms with E-state index in [1.165, 1.54) is 23.9 Å². The van der Waals surface area contributed by atoms with Crippen molar-refractivity contribution in [2.24, 2.45) is 24.8 Å². The van der Waals surface area contributed by atoms with Crippen LogP contribution in [0.1, 0.15) is 38.3 Å². The van der Waals surface area contributed by atoms with E-state index in [1.807, 2.05) is 6.92 Å². The Morgan fingerprint density at radius 1 is 1.38 bits per heavy atom. The van der Waals surface area contributed by atoms with Crippen LogP contribution >= 0.6 is 11.6 Å². The van der Waals surface area contributed by atoms with Gasteiger partial charge in [0.2, 0.25) is 10.0 Å². The first-order valence-electron chi connectivity index (χ1n) is 7.51. The maximum absolute atomic E-state index is 12.6. The molecule has 2 fully saturated rings. The molecule has 3 rings (SSSR count). The van der Waals surface area contributed by atoms with Crippen molar-refractivity contribution < 1.29 is 8.42 Å². The number of nitrogens with zero attached hydrogens (tertiary/aromatic N) is 2. The summed E-state index contributed by atoms with van der Waals surface area (Å²) in [5.41, 5.74) is 0.440. The summed E-state index contributed by atoms with van der Waals surface area (Å²) in [5, 5.41) is 4.25. The second-order valence-electron chi connectivity index (χ2n) is 6.58. The molecule has 1 aromatic rings. The van der Waals surface area contributed by atoms with Crippen LogP contribution in [0.4, 0.5) is 0 Å². The van der Waals surface area contributed by atoms with Gasteiger partial charge in [-0.15, -0.1) is 0 Å². The van der Waals surface area contributed by atoms with Crippen LogP contribution in [0.25, 0.3) is 0 Å². The van der Waals surface area contributed by atoms with Gasteiger partial charge in [0.15, 0.2) is 0 Å². The Balaban J connectivity index is 1.80. The van der Waals surface area contributed by atoms with Gasteiger partial charge in [-0.25, -0.2) is 13.1 Å². The van der Waals surface area contributed by atoms with Crippen LogP contribution in [-0.2, 0) is 17.1 Å². The first-order chi connectivity index (χ1) is 9.79.